The normalized spacial score (nSPS) is 16.4. The summed E-state index contributed by atoms with van der Waals surface area (Å²) in [5.74, 6) is -0.790. The molecule has 0 unspecified atom stereocenters. The third-order valence-electron chi connectivity index (χ3n) is 7.34. The van der Waals surface area contributed by atoms with Crippen LogP contribution in [0.25, 0.3) is 11.0 Å². The van der Waals surface area contributed by atoms with Gasteiger partial charge in [-0.15, -0.1) is 0 Å². The maximum Gasteiger partial charge on any atom is 0.410 e. The molecule has 5 rings (SSSR count). The molecule has 2 aliphatic rings. The van der Waals surface area contributed by atoms with Crippen LogP contribution in [-0.2, 0) is 14.9 Å². The summed E-state index contributed by atoms with van der Waals surface area (Å²) in [6, 6.07) is 8.73. The van der Waals surface area contributed by atoms with E-state index in [1.807, 2.05) is 26.8 Å². The number of hydrogen-bond acceptors (Lipinski definition) is 9. The quantitative estimate of drug-likeness (QED) is 0.378. The van der Waals surface area contributed by atoms with Crippen molar-refractivity contribution in [3.63, 3.8) is 0 Å². The van der Waals surface area contributed by atoms with Crippen LogP contribution >= 0.6 is 0 Å². The summed E-state index contributed by atoms with van der Waals surface area (Å²) in [6.45, 7) is 8.63. The van der Waals surface area contributed by atoms with Gasteiger partial charge in [0.1, 0.15) is 29.1 Å². The van der Waals surface area contributed by atoms with Crippen LogP contribution in [0.3, 0.4) is 0 Å². The number of nitriles is 1. The Morgan fingerprint density at radius 2 is 1.95 bits per heavy atom. The van der Waals surface area contributed by atoms with Gasteiger partial charge in [0.05, 0.1) is 22.9 Å². The molecular weight excluding hydrogens is 579 g/mol. The molecule has 1 amide bonds. The minimum Gasteiger partial charge on any atom is -0.473 e. The molecule has 12 nitrogen and oxygen atoms in total. The number of halogens is 1. The van der Waals surface area contributed by atoms with Gasteiger partial charge in [-0.05, 0) is 57.9 Å². The maximum absolute atomic E-state index is 14.8. The molecule has 1 aromatic heterocycles. The first-order valence-electron chi connectivity index (χ1n) is 13.8. The lowest BCUT2D eigenvalue weighted by Crippen LogP contribution is -2.66. The van der Waals surface area contributed by atoms with Crippen LogP contribution < -0.4 is 14.2 Å². The highest BCUT2D eigenvalue weighted by Crippen LogP contribution is 2.50. The number of hydrogen-bond donors (Lipinski definition) is 1. The van der Waals surface area contributed by atoms with E-state index in [-0.39, 0.29) is 41.2 Å². The third-order valence-corrected chi connectivity index (χ3v) is 8.90. The number of aromatic nitrogens is 2. The predicted molar refractivity (Wildman–Crippen MR) is 155 cm³/mol. The number of anilines is 1. The number of nitrogens with zero attached hydrogens (tertiary/aromatic N) is 5. The van der Waals surface area contributed by atoms with Crippen LogP contribution in [0.5, 0.6) is 17.4 Å². The molecule has 14 heteroatoms. The number of likely N-dealkylation sites (tertiary alicyclic amines) is 1. The largest absolute Gasteiger partial charge is 0.473 e. The van der Waals surface area contributed by atoms with Gasteiger partial charge in [0.2, 0.25) is 5.88 Å². The van der Waals surface area contributed by atoms with Crippen LogP contribution in [0.2, 0.25) is 0 Å². The van der Waals surface area contributed by atoms with Gasteiger partial charge in [-0.3, -0.25) is 4.72 Å². The van der Waals surface area contributed by atoms with E-state index < -0.39 is 27.4 Å². The molecule has 43 heavy (non-hydrogen) atoms. The van der Waals surface area contributed by atoms with Gasteiger partial charge in [0, 0.05) is 38.2 Å². The van der Waals surface area contributed by atoms with E-state index in [0.29, 0.717) is 30.0 Å². The fourth-order valence-electron chi connectivity index (χ4n) is 5.09. The average Bonchev–Trinajstić information content (AvgIpc) is 2.89. The lowest BCUT2D eigenvalue weighted by molar-refractivity contribution is -0.117. The van der Waals surface area contributed by atoms with Gasteiger partial charge in [-0.25, -0.2) is 19.2 Å². The Morgan fingerprint density at radius 1 is 1.23 bits per heavy atom. The van der Waals surface area contributed by atoms with Gasteiger partial charge >= 0.3 is 16.3 Å². The summed E-state index contributed by atoms with van der Waals surface area (Å²) < 4.78 is 60.4. The molecule has 1 aliphatic heterocycles. The number of ether oxygens (including phenoxy) is 3. The third kappa shape index (κ3) is 6.42. The molecule has 0 radical (unpaired) electrons. The Hall–Kier alpha value is -4.22. The van der Waals surface area contributed by atoms with Crippen molar-refractivity contribution in [2.75, 3.05) is 31.4 Å². The Bertz CT molecular complexity index is 1710. The number of rotatable bonds is 8. The Labute approximate surface area is 249 Å². The monoisotopic (exact) mass is 612 g/mol. The molecular formula is C29H33FN6O6S. The van der Waals surface area contributed by atoms with Crippen molar-refractivity contribution in [3.05, 3.63) is 47.9 Å². The van der Waals surface area contributed by atoms with Crippen LogP contribution in [0.15, 0.2) is 36.5 Å². The van der Waals surface area contributed by atoms with Crippen molar-refractivity contribution in [1.82, 2.24) is 19.2 Å². The molecule has 0 atom stereocenters. The summed E-state index contributed by atoms with van der Waals surface area (Å²) in [5.41, 5.74) is 0.0358. The molecule has 1 spiro atoms. The number of benzene rings is 2. The molecule has 2 heterocycles. The van der Waals surface area contributed by atoms with Gasteiger partial charge < -0.3 is 19.1 Å². The molecule has 1 saturated heterocycles. The standard InChI is InChI=1S/C29H33FN6O6S/c1-6-35(5)43(38,39)34-22-10-8-21(30)26(20(22)14-31)41-18-7-9-23-24(11-18)33-25(15-32-23)40-19-12-29(13-19)16-36(17-29)27(37)42-28(2,3)4/h7-11,15,19,34H,6,12-13,16-17H2,1-5H3. The second-order valence-corrected chi connectivity index (χ2v) is 13.7. The lowest BCUT2D eigenvalue weighted by atomic mass is 9.62. The minimum absolute atomic E-state index is 0.0318. The lowest BCUT2D eigenvalue weighted by Gasteiger charge is -2.57. The summed E-state index contributed by atoms with van der Waals surface area (Å²) in [7, 11) is -2.58. The summed E-state index contributed by atoms with van der Waals surface area (Å²) in [6.07, 6.45) is 2.70. The summed E-state index contributed by atoms with van der Waals surface area (Å²) >= 11 is 0. The van der Waals surface area contributed by atoms with Crippen molar-refractivity contribution in [2.45, 2.75) is 52.2 Å². The summed E-state index contributed by atoms with van der Waals surface area (Å²) in [4.78, 5) is 22.9. The van der Waals surface area contributed by atoms with Crippen LogP contribution in [0.4, 0.5) is 14.9 Å². The second-order valence-electron chi connectivity index (χ2n) is 11.9. The number of carbonyl (C=O) groups excluding carboxylic acids is 1. The summed E-state index contributed by atoms with van der Waals surface area (Å²) in [5, 5.41) is 9.75. The molecule has 1 aliphatic carbocycles. The van der Waals surface area contributed by atoms with E-state index in [4.69, 9.17) is 14.2 Å². The van der Waals surface area contributed by atoms with Crippen molar-refractivity contribution >= 4 is 33.0 Å². The van der Waals surface area contributed by atoms with E-state index in [1.54, 1.807) is 24.0 Å². The van der Waals surface area contributed by atoms with Gasteiger partial charge in [0.15, 0.2) is 11.6 Å². The molecule has 0 bridgehead atoms. The van der Waals surface area contributed by atoms with Gasteiger partial charge in [-0.1, -0.05) is 6.92 Å². The number of fused-ring (bicyclic) bond motifs is 1. The van der Waals surface area contributed by atoms with E-state index >= 15 is 0 Å². The second kappa shape index (κ2) is 11.1. The highest BCUT2D eigenvalue weighted by Gasteiger charge is 2.55. The van der Waals surface area contributed by atoms with Crippen LogP contribution in [0.1, 0.15) is 46.1 Å². The zero-order valence-corrected chi connectivity index (χ0v) is 25.4. The van der Waals surface area contributed by atoms with Crippen molar-refractivity contribution in [3.8, 4) is 23.4 Å². The highest BCUT2D eigenvalue weighted by atomic mass is 32.2. The van der Waals surface area contributed by atoms with E-state index in [0.717, 1.165) is 23.2 Å². The highest BCUT2D eigenvalue weighted by molar-refractivity contribution is 7.90. The fraction of sp³-hybridized carbons (Fsp3) is 0.448. The van der Waals surface area contributed by atoms with Crippen molar-refractivity contribution in [2.24, 2.45) is 5.41 Å². The Kier molecular flexibility index (Phi) is 7.82. The Morgan fingerprint density at radius 3 is 2.60 bits per heavy atom. The molecule has 2 aromatic carbocycles. The van der Waals surface area contributed by atoms with E-state index in [1.165, 1.54) is 25.4 Å². The number of nitrogens with one attached hydrogen (secondary N) is 1. The van der Waals surface area contributed by atoms with Gasteiger partial charge in [-0.2, -0.15) is 18.0 Å². The van der Waals surface area contributed by atoms with E-state index in [9.17, 15) is 22.9 Å². The SMILES string of the molecule is CCN(C)S(=O)(=O)Nc1ccc(F)c(Oc2ccc3ncc(OC4CC5(C4)CN(C(=O)OC(C)(C)C)C5)nc3c2)c1C#N. The molecule has 3 aromatic rings. The first-order chi connectivity index (χ1) is 20.2. The molecule has 1 saturated carbocycles. The number of carbonyl (C=O) groups is 1. The first-order valence-corrected chi connectivity index (χ1v) is 15.2. The van der Waals surface area contributed by atoms with Crippen molar-refractivity contribution < 1.29 is 31.8 Å². The van der Waals surface area contributed by atoms with Crippen molar-refractivity contribution in [1.29, 1.82) is 5.26 Å². The zero-order chi connectivity index (χ0) is 31.2. The number of amides is 1. The smallest absolute Gasteiger partial charge is 0.410 e. The maximum atomic E-state index is 14.8. The van der Waals surface area contributed by atoms with Crippen LogP contribution in [0, 0.1) is 22.6 Å². The first kappa shape index (κ1) is 30.2. The molecule has 228 valence electrons. The fourth-order valence-corrected chi connectivity index (χ4v) is 6.03. The zero-order valence-electron chi connectivity index (χ0n) is 24.5. The topological polar surface area (TPSA) is 147 Å². The minimum atomic E-state index is -3.96. The van der Waals surface area contributed by atoms with Crippen LogP contribution in [-0.4, -0.2) is 72.1 Å². The van der Waals surface area contributed by atoms with Gasteiger partial charge in [0.25, 0.3) is 0 Å². The average molecular weight is 613 g/mol. The molecule has 2 fully saturated rings. The Balaban J connectivity index is 1.26. The van der Waals surface area contributed by atoms with E-state index in [2.05, 4.69) is 14.7 Å². The molecule has 1 N–H and O–H groups in total. The predicted octanol–water partition coefficient (Wildman–Crippen LogP) is 4.82.